The molecule has 26 heavy (non-hydrogen) atoms. The van der Waals surface area contributed by atoms with Crippen molar-refractivity contribution in [2.24, 2.45) is 11.8 Å². The van der Waals surface area contributed by atoms with Crippen LogP contribution in [0.25, 0.3) is 0 Å². The maximum absolute atomic E-state index is 13.2. The van der Waals surface area contributed by atoms with E-state index < -0.39 is 6.04 Å². The van der Waals surface area contributed by atoms with E-state index in [1.807, 2.05) is 19.1 Å². The molecular weight excluding hydrogens is 328 g/mol. The van der Waals surface area contributed by atoms with Gasteiger partial charge >= 0.3 is 0 Å². The Bertz CT molecular complexity index is 749. The van der Waals surface area contributed by atoms with Gasteiger partial charge in [-0.15, -0.1) is 0 Å². The number of fused-ring (bicyclic) bond motifs is 2. The second kappa shape index (κ2) is 6.53. The summed E-state index contributed by atoms with van der Waals surface area (Å²) in [5.74, 6) is -0.830. The van der Waals surface area contributed by atoms with E-state index in [-0.39, 0.29) is 29.6 Å². The zero-order valence-electron chi connectivity index (χ0n) is 15.5. The molecule has 0 aromatic heterocycles. The summed E-state index contributed by atoms with van der Waals surface area (Å²) in [6.07, 6.45) is 5.41. The molecule has 1 aromatic rings. The van der Waals surface area contributed by atoms with Crippen LogP contribution in [0.2, 0.25) is 0 Å². The van der Waals surface area contributed by atoms with Gasteiger partial charge in [0.25, 0.3) is 0 Å². The number of hydrogen-bond acceptors (Lipinski definition) is 3. The summed E-state index contributed by atoms with van der Waals surface area (Å²) >= 11 is 0. The van der Waals surface area contributed by atoms with Gasteiger partial charge in [0, 0.05) is 12.2 Å². The Morgan fingerprint density at radius 2 is 1.73 bits per heavy atom. The van der Waals surface area contributed by atoms with E-state index in [9.17, 15) is 14.4 Å². The maximum Gasteiger partial charge on any atom is 0.249 e. The molecule has 2 fully saturated rings. The normalized spacial score (nSPS) is 26.5. The maximum atomic E-state index is 13.2. The fraction of sp³-hybridized carbons (Fsp3) is 0.571. The van der Waals surface area contributed by atoms with Gasteiger partial charge in [-0.1, -0.05) is 30.5 Å². The molecule has 5 heteroatoms. The fourth-order valence-electron chi connectivity index (χ4n) is 4.86. The minimum Gasteiger partial charge on any atom is -0.310 e. The highest BCUT2D eigenvalue weighted by Gasteiger charge is 2.51. The number of rotatable bonds is 2. The number of nitrogens with zero attached hydrogens (tertiary/aromatic N) is 2. The van der Waals surface area contributed by atoms with Gasteiger partial charge in [0.2, 0.25) is 17.7 Å². The van der Waals surface area contributed by atoms with Crippen molar-refractivity contribution in [1.29, 1.82) is 0 Å². The number of hydrogen-bond donors (Lipinski definition) is 0. The molecule has 5 nitrogen and oxygen atoms in total. The molecule has 3 amide bonds. The van der Waals surface area contributed by atoms with Crippen LogP contribution in [0.1, 0.15) is 50.2 Å². The smallest absolute Gasteiger partial charge is 0.249 e. The molecule has 1 saturated heterocycles. The Hall–Kier alpha value is -2.17. The van der Waals surface area contributed by atoms with Gasteiger partial charge in [-0.05, 0) is 51.2 Å². The molecule has 0 N–H and O–H groups in total. The third-order valence-corrected chi connectivity index (χ3v) is 6.24. The second-order valence-corrected chi connectivity index (χ2v) is 7.95. The molecule has 4 rings (SSSR count). The van der Waals surface area contributed by atoms with Crippen LogP contribution in [0.5, 0.6) is 0 Å². The van der Waals surface area contributed by atoms with Gasteiger partial charge in [0.05, 0.1) is 11.8 Å². The number of imide groups is 1. The predicted octanol–water partition coefficient (Wildman–Crippen LogP) is 2.84. The van der Waals surface area contributed by atoms with Crippen molar-refractivity contribution in [2.45, 2.75) is 58.4 Å². The second-order valence-electron chi connectivity index (χ2n) is 7.95. The van der Waals surface area contributed by atoms with Crippen LogP contribution in [0.15, 0.2) is 18.2 Å². The molecule has 138 valence electrons. The van der Waals surface area contributed by atoms with Crippen molar-refractivity contribution in [3.8, 4) is 0 Å². The molecule has 0 spiro atoms. The highest BCUT2D eigenvalue weighted by molar-refractivity contribution is 6.10. The Labute approximate surface area is 154 Å². The Morgan fingerprint density at radius 3 is 2.38 bits per heavy atom. The van der Waals surface area contributed by atoms with Crippen LogP contribution in [0.4, 0.5) is 5.69 Å². The topological polar surface area (TPSA) is 57.7 Å². The predicted molar refractivity (Wildman–Crippen MR) is 98.6 cm³/mol. The summed E-state index contributed by atoms with van der Waals surface area (Å²) in [7, 11) is 0. The SMILES string of the molecule is Cc1ccc2c(c1)CCCN2C(=O)C(C)N1C(=O)C2CCCCC2C1=O. The van der Waals surface area contributed by atoms with Crippen LogP contribution in [0.3, 0.4) is 0 Å². The third kappa shape index (κ3) is 2.65. The van der Waals surface area contributed by atoms with Gasteiger partial charge in [-0.25, -0.2) is 0 Å². The molecule has 3 atom stereocenters. The Balaban J connectivity index is 1.59. The van der Waals surface area contributed by atoms with Crippen LogP contribution < -0.4 is 4.90 Å². The molecule has 2 heterocycles. The van der Waals surface area contributed by atoms with Gasteiger partial charge in [0.15, 0.2) is 0 Å². The van der Waals surface area contributed by atoms with Crippen molar-refractivity contribution in [3.63, 3.8) is 0 Å². The van der Waals surface area contributed by atoms with Crippen molar-refractivity contribution in [1.82, 2.24) is 4.90 Å². The van der Waals surface area contributed by atoms with E-state index in [0.717, 1.165) is 44.2 Å². The first-order valence-corrected chi connectivity index (χ1v) is 9.77. The van der Waals surface area contributed by atoms with E-state index >= 15 is 0 Å². The third-order valence-electron chi connectivity index (χ3n) is 6.24. The summed E-state index contributed by atoms with van der Waals surface area (Å²) in [5.41, 5.74) is 3.28. The zero-order valence-corrected chi connectivity index (χ0v) is 15.5. The molecule has 1 saturated carbocycles. The lowest BCUT2D eigenvalue weighted by Gasteiger charge is -2.34. The largest absolute Gasteiger partial charge is 0.310 e. The summed E-state index contributed by atoms with van der Waals surface area (Å²) in [4.78, 5) is 41.9. The number of carbonyl (C=O) groups excluding carboxylic acids is 3. The molecular formula is C21H26N2O3. The molecule has 0 radical (unpaired) electrons. The summed E-state index contributed by atoms with van der Waals surface area (Å²) < 4.78 is 0. The summed E-state index contributed by atoms with van der Waals surface area (Å²) in [6.45, 7) is 4.40. The lowest BCUT2D eigenvalue weighted by Crippen LogP contribution is -2.51. The van der Waals surface area contributed by atoms with E-state index in [1.165, 1.54) is 16.0 Å². The van der Waals surface area contributed by atoms with Crippen molar-refractivity contribution < 1.29 is 14.4 Å². The van der Waals surface area contributed by atoms with Gasteiger partial charge < -0.3 is 4.90 Å². The van der Waals surface area contributed by atoms with Crippen molar-refractivity contribution in [2.75, 3.05) is 11.4 Å². The lowest BCUT2D eigenvalue weighted by atomic mass is 9.81. The highest BCUT2D eigenvalue weighted by atomic mass is 16.2. The Morgan fingerprint density at radius 1 is 1.08 bits per heavy atom. The van der Waals surface area contributed by atoms with Crippen molar-refractivity contribution >= 4 is 23.4 Å². The first-order chi connectivity index (χ1) is 12.5. The highest BCUT2D eigenvalue weighted by Crippen LogP contribution is 2.39. The zero-order chi connectivity index (χ0) is 18.4. The molecule has 0 bridgehead atoms. The standard InChI is InChI=1S/C21H26N2O3/c1-13-9-10-18-15(12-13)6-5-11-22(18)19(24)14(2)23-20(25)16-7-3-4-8-17(16)21(23)26/h9-10,12,14,16-17H,3-8,11H2,1-2H3. The van der Waals surface area contributed by atoms with E-state index in [4.69, 9.17) is 0 Å². The van der Waals surface area contributed by atoms with Gasteiger partial charge in [-0.2, -0.15) is 0 Å². The van der Waals surface area contributed by atoms with Crippen LogP contribution in [0, 0.1) is 18.8 Å². The lowest BCUT2D eigenvalue weighted by molar-refractivity contribution is -0.146. The molecule has 2 aliphatic heterocycles. The number of carbonyl (C=O) groups is 3. The number of likely N-dealkylation sites (tertiary alicyclic amines) is 1. The quantitative estimate of drug-likeness (QED) is 0.768. The average Bonchev–Trinajstić information content (AvgIpc) is 2.91. The average molecular weight is 354 g/mol. The molecule has 3 aliphatic rings. The number of amides is 3. The molecule has 1 aliphatic carbocycles. The van der Waals surface area contributed by atoms with E-state index in [1.54, 1.807) is 11.8 Å². The van der Waals surface area contributed by atoms with Gasteiger partial charge in [0.1, 0.15) is 6.04 Å². The minimum absolute atomic E-state index is 0.137. The number of benzene rings is 1. The van der Waals surface area contributed by atoms with Crippen LogP contribution >= 0.6 is 0 Å². The Kier molecular flexibility index (Phi) is 4.33. The monoisotopic (exact) mass is 354 g/mol. The summed E-state index contributed by atoms with van der Waals surface area (Å²) in [6, 6.07) is 5.39. The van der Waals surface area contributed by atoms with Crippen LogP contribution in [-0.4, -0.2) is 35.2 Å². The van der Waals surface area contributed by atoms with Crippen molar-refractivity contribution in [3.05, 3.63) is 29.3 Å². The van der Waals surface area contributed by atoms with E-state index in [0.29, 0.717) is 6.54 Å². The summed E-state index contributed by atoms with van der Waals surface area (Å²) in [5, 5.41) is 0. The van der Waals surface area contributed by atoms with Crippen LogP contribution in [-0.2, 0) is 20.8 Å². The fourth-order valence-corrected chi connectivity index (χ4v) is 4.86. The molecule has 1 aromatic carbocycles. The minimum atomic E-state index is -0.729. The first-order valence-electron chi connectivity index (χ1n) is 9.77. The van der Waals surface area contributed by atoms with E-state index in [2.05, 4.69) is 6.07 Å². The number of aryl methyl sites for hydroxylation is 2. The number of anilines is 1. The van der Waals surface area contributed by atoms with Gasteiger partial charge in [-0.3, -0.25) is 19.3 Å². The first kappa shape index (κ1) is 17.3. The molecule has 3 unspecified atom stereocenters.